The second-order valence-corrected chi connectivity index (χ2v) is 54.7. The number of allylic oxidation sites excluding steroid dienone is 1. The predicted molar refractivity (Wildman–Crippen MR) is 194 cm³/mol. The van der Waals surface area contributed by atoms with Crippen molar-refractivity contribution in [3.05, 3.63) is 131 Å². The van der Waals surface area contributed by atoms with Gasteiger partial charge in [-0.1, -0.05) is 0 Å². The van der Waals surface area contributed by atoms with Gasteiger partial charge in [0.1, 0.15) is 0 Å². The van der Waals surface area contributed by atoms with Crippen LogP contribution in [0, 0.1) is 0 Å². The first kappa shape index (κ1) is 30.4. The predicted octanol–water partition coefficient (Wildman–Crippen LogP) is 11.8. The number of unbranched alkanes of at least 4 members (excludes halogenated alkanes) is 3. The molecule has 0 radical (unpaired) electrons. The van der Waals surface area contributed by atoms with E-state index in [1.165, 1.54) is 89.8 Å². The molecule has 2 aliphatic rings. The minimum atomic E-state index is -4.79. The topological polar surface area (TPSA) is 0 Å². The molecule has 0 fully saturated rings. The molecule has 5 aromatic rings. The van der Waals surface area contributed by atoms with Gasteiger partial charge in [0.15, 0.2) is 0 Å². The Bertz CT molecular complexity index is 1920. The molecule has 0 saturated carbocycles. The van der Waals surface area contributed by atoms with Crippen LogP contribution in [-0.4, -0.2) is 5.92 Å². The fourth-order valence-electron chi connectivity index (χ4n) is 8.16. The van der Waals surface area contributed by atoms with Gasteiger partial charge < -0.3 is 0 Å². The Kier molecular flexibility index (Phi) is 8.20. The third-order valence-corrected chi connectivity index (χ3v) is 60.5. The van der Waals surface area contributed by atoms with E-state index in [-0.39, 0.29) is 3.63 Å². The van der Waals surface area contributed by atoms with E-state index < -0.39 is 21.5 Å². The van der Waals surface area contributed by atoms with Gasteiger partial charge in [-0.05, 0) is 0 Å². The van der Waals surface area contributed by atoms with Crippen molar-refractivity contribution in [2.24, 2.45) is 0 Å². The summed E-state index contributed by atoms with van der Waals surface area (Å²) in [4.78, 5) is 0. The van der Waals surface area contributed by atoms with Crippen LogP contribution in [0.15, 0.2) is 109 Å². The molecule has 1 unspecified atom stereocenters. The first-order chi connectivity index (χ1) is 21.3. The molecule has 2 aliphatic carbocycles. The molecule has 1 atom stereocenters. The molecule has 0 aromatic heterocycles. The molecular weight excluding hydrogens is 671 g/mol. The van der Waals surface area contributed by atoms with Crippen molar-refractivity contribution in [3.8, 4) is 22.3 Å². The second kappa shape index (κ2) is 11.9. The molecule has 0 bridgehead atoms. The van der Waals surface area contributed by atoms with Crippen molar-refractivity contribution in [2.75, 3.05) is 0 Å². The standard InChI is InChI=1S/C25H25.C13H9.C2H7Si.2ClH.Zr/c1-2-3-4-5-10-19-17-21-13-9-16-24(25(21)18-19)23-15-8-12-20-11-6-7-14-22(20)23;1-3-7-12-10(5-1)9-11-6-2-4-8-13(11)12;1-3-2;;;/h6-9,11-18H,2-5,10H2,1H3;1-5,7-8H,9H2;3H,1-2H3;2*1H;/q;;;;;+2/p-2. The maximum absolute atomic E-state index is 8.54. The first-order valence-electron chi connectivity index (χ1n) is 16.4. The number of rotatable bonds is 9. The molecule has 0 aliphatic heterocycles. The van der Waals surface area contributed by atoms with Gasteiger partial charge in [0.25, 0.3) is 0 Å². The Morgan fingerprint density at radius 3 is 2.23 bits per heavy atom. The molecule has 5 aromatic carbocycles. The summed E-state index contributed by atoms with van der Waals surface area (Å²) in [7, 11) is 17.1. The summed E-state index contributed by atoms with van der Waals surface area (Å²) in [5.41, 5.74) is 12.3. The van der Waals surface area contributed by atoms with E-state index in [0.717, 1.165) is 12.8 Å². The monoisotopic (exact) mass is 709 g/mol. The van der Waals surface area contributed by atoms with Gasteiger partial charge in [-0.25, -0.2) is 0 Å². The van der Waals surface area contributed by atoms with Crippen molar-refractivity contribution >= 4 is 43.1 Å². The second-order valence-electron chi connectivity index (χ2n) is 13.3. The fourth-order valence-corrected chi connectivity index (χ4v) is 36.0. The molecule has 0 heterocycles. The first-order valence-corrected chi connectivity index (χ1v) is 32.5. The zero-order chi connectivity index (χ0) is 30.5. The maximum atomic E-state index is 8.54. The van der Waals surface area contributed by atoms with E-state index in [1.807, 2.05) is 0 Å². The van der Waals surface area contributed by atoms with Crippen LogP contribution in [0.25, 0.3) is 39.1 Å². The van der Waals surface area contributed by atoms with E-state index >= 15 is 0 Å². The third kappa shape index (κ3) is 4.79. The van der Waals surface area contributed by atoms with Gasteiger partial charge >= 0.3 is 274 Å². The van der Waals surface area contributed by atoms with Gasteiger partial charge in [-0.2, -0.15) is 0 Å². The van der Waals surface area contributed by atoms with Crippen LogP contribution < -0.4 is 3.27 Å². The van der Waals surface area contributed by atoms with E-state index in [1.54, 1.807) is 0 Å². The summed E-state index contributed by atoms with van der Waals surface area (Å²) in [5, 5.41) is 2.57. The molecule has 0 amide bonds. The summed E-state index contributed by atoms with van der Waals surface area (Å²) >= 11 is -4.79. The third-order valence-electron chi connectivity index (χ3n) is 10.5. The van der Waals surface area contributed by atoms with Crippen LogP contribution in [0.5, 0.6) is 0 Å². The number of halogens is 2. The van der Waals surface area contributed by atoms with E-state index in [0.29, 0.717) is 0 Å². The molecule has 0 nitrogen and oxygen atoms in total. The van der Waals surface area contributed by atoms with Crippen LogP contribution in [-0.2, 0) is 22.0 Å². The van der Waals surface area contributed by atoms with Gasteiger partial charge in [-0.15, -0.1) is 0 Å². The van der Waals surface area contributed by atoms with Crippen molar-refractivity contribution in [2.45, 2.75) is 62.2 Å². The molecular formula is C40H41Cl2SiZr. The molecule has 7 rings (SSSR count). The molecule has 0 N–H and O–H groups in total. The van der Waals surface area contributed by atoms with E-state index in [4.69, 9.17) is 17.0 Å². The van der Waals surface area contributed by atoms with Crippen molar-refractivity contribution in [3.63, 3.8) is 0 Å². The Hall–Kier alpha value is -2.22. The van der Waals surface area contributed by atoms with Crippen LogP contribution in [0.1, 0.15) is 64.9 Å². The summed E-state index contributed by atoms with van der Waals surface area (Å²) in [5.74, 6) is -1.60. The number of hydrogen-bond donors (Lipinski definition) is 0. The molecule has 0 saturated heterocycles. The van der Waals surface area contributed by atoms with Crippen LogP contribution >= 0.6 is 17.0 Å². The molecule has 223 valence electrons. The average molecular weight is 712 g/mol. The van der Waals surface area contributed by atoms with E-state index in [2.05, 4.69) is 129 Å². The van der Waals surface area contributed by atoms with Crippen LogP contribution in [0.3, 0.4) is 0 Å². The van der Waals surface area contributed by atoms with Crippen LogP contribution in [0.4, 0.5) is 0 Å². The Morgan fingerprint density at radius 1 is 0.705 bits per heavy atom. The zero-order valence-electron chi connectivity index (χ0n) is 26.0. The van der Waals surface area contributed by atoms with Gasteiger partial charge in [0, 0.05) is 0 Å². The number of fused-ring (bicyclic) bond motifs is 5. The van der Waals surface area contributed by atoms with Gasteiger partial charge in [0.05, 0.1) is 0 Å². The van der Waals surface area contributed by atoms with Crippen molar-refractivity contribution < 1.29 is 15.6 Å². The quantitative estimate of drug-likeness (QED) is 0.103. The minimum absolute atomic E-state index is 0.105. The van der Waals surface area contributed by atoms with Crippen molar-refractivity contribution in [1.82, 2.24) is 0 Å². The fraction of sp³-hybridized carbons (Fsp3) is 0.250. The zero-order valence-corrected chi connectivity index (χ0v) is 31.2. The van der Waals surface area contributed by atoms with Crippen molar-refractivity contribution in [1.29, 1.82) is 0 Å². The van der Waals surface area contributed by atoms with Crippen LogP contribution in [0.2, 0.25) is 13.1 Å². The molecule has 4 heteroatoms. The molecule has 0 spiro atoms. The summed E-state index contributed by atoms with van der Waals surface area (Å²) < 4.78 is 1.44. The normalized spacial score (nSPS) is 16.4. The summed E-state index contributed by atoms with van der Waals surface area (Å²) in [6, 6.07) is 38.1. The summed E-state index contributed by atoms with van der Waals surface area (Å²) in [6.07, 6.45) is 9.45. The van der Waals surface area contributed by atoms with E-state index in [9.17, 15) is 0 Å². The summed E-state index contributed by atoms with van der Waals surface area (Å²) in [6.45, 7) is 7.16. The average Bonchev–Trinajstić information content (AvgIpc) is 3.62. The Morgan fingerprint density at radius 2 is 1.39 bits per heavy atom. The van der Waals surface area contributed by atoms with Gasteiger partial charge in [0.2, 0.25) is 0 Å². The Balaban J connectivity index is 1.45. The molecule has 44 heavy (non-hydrogen) atoms. The van der Waals surface area contributed by atoms with Gasteiger partial charge in [-0.3, -0.25) is 0 Å². The Labute approximate surface area is 271 Å². The number of hydrogen-bond acceptors (Lipinski definition) is 0. The number of benzene rings is 5. The SMILES string of the molecule is CCCCCCC1=Cc2c(-c3cccc4ccccc34)cccc2[CH]1[Zr]([Cl])([Cl])([c]1cccc2c1Cc1ccccc1-2)[SiH](C)C.